The standard InChI is InChI=1S/C16H18BrN3/c1-10-3-2-4-11(7-10)14-9-20-15(19-14)8-18-13-6-5-12(17)16(13)20/h5,8-11H,2-4,6-7H2,1H3. The summed E-state index contributed by atoms with van der Waals surface area (Å²) in [7, 11) is 0. The second-order valence-electron chi connectivity index (χ2n) is 6.17. The molecule has 0 radical (unpaired) electrons. The van der Waals surface area contributed by atoms with Crippen LogP contribution in [0.25, 0.3) is 10.1 Å². The van der Waals surface area contributed by atoms with Crippen molar-refractivity contribution in [3.63, 3.8) is 0 Å². The molecule has 0 saturated heterocycles. The van der Waals surface area contributed by atoms with E-state index in [0.717, 1.165) is 28.2 Å². The van der Waals surface area contributed by atoms with Crippen LogP contribution in [-0.4, -0.2) is 14.4 Å². The summed E-state index contributed by atoms with van der Waals surface area (Å²) in [5.74, 6) is 1.45. The molecule has 104 valence electrons. The minimum atomic E-state index is 0.624. The highest BCUT2D eigenvalue weighted by Crippen LogP contribution is 2.37. The maximum absolute atomic E-state index is 4.84. The lowest BCUT2D eigenvalue weighted by Crippen LogP contribution is -2.11. The summed E-state index contributed by atoms with van der Waals surface area (Å²) in [4.78, 5) is 9.38. The first-order chi connectivity index (χ1) is 9.72. The highest BCUT2D eigenvalue weighted by Gasteiger charge is 2.24. The number of imidazole rings is 1. The fourth-order valence-electron chi connectivity index (χ4n) is 3.60. The van der Waals surface area contributed by atoms with Crippen LogP contribution in [-0.2, 0) is 6.42 Å². The Morgan fingerprint density at radius 3 is 3.10 bits per heavy atom. The molecule has 2 atom stereocenters. The highest BCUT2D eigenvalue weighted by atomic mass is 79.9. The number of nitrogens with zero attached hydrogens (tertiary/aromatic N) is 3. The summed E-state index contributed by atoms with van der Waals surface area (Å²) in [6.45, 7) is 2.36. The van der Waals surface area contributed by atoms with E-state index in [0.29, 0.717) is 5.92 Å². The van der Waals surface area contributed by atoms with Gasteiger partial charge in [-0.05, 0) is 34.7 Å². The Morgan fingerprint density at radius 1 is 1.35 bits per heavy atom. The van der Waals surface area contributed by atoms with Crippen LogP contribution in [0.5, 0.6) is 0 Å². The highest BCUT2D eigenvalue weighted by molar-refractivity contribution is 9.15. The Labute approximate surface area is 127 Å². The van der Waals surface area contributed by atoms with Crippen molar-refractivity contribution < 1.29 is 0 Å². The normalized spacial score (nSPS) is 25.8. The molecule has 0 aromatic carbocycles. The van der Waals surface area contributed by atoms with Gasteiger partial charge in [0.1, 0.15) is 0 Å². The van der Waals surface area contributed by atoms with E-state index < -0.39 is 0 Å². The third-order valence-electron chi connectivity index (χ3n) is 4.66. The first kappa shape index (κ1) is 12.6. The lowest BCUT2D eigenvalue weighted by Gasteiger charge is -2.25. The number of hydrogen-bond donors (Lipinski definition) is 0. The third kappa shape index (κ3) is 1.93. The van der Waals surface area contributed by atoms with E-state index in [-0.39, 0.29) is 0 Å². The molecule has 2 aromatic rings. The van der Waals surface area contributed by atoms with E-state index in [1.807, 2.05) is 6.20 Å². The molecule has 0 bridgehead atoms. The Kier molecular flexibility index (Phi) is 2.95. The van der Waals surface area contributed by atoms with Crippen LogP contribution in [0.3, 0.4) is 0 Å². The quantitative estimate of drug-likeness (QED) is 0.779. The van der Waals surface area contributed by atoms with E-state index in [1.54, 1.807) is 0 Å². The molecule has 4 rings (SSSR count). The van der Waals surface area contributed by atoms with Gasteiger partial charge < -0.3 is 0 Å². The summed E-state index contributed by atoms with van der Waals surface area (Å²) < 4.78 is 3.36. The predicted molar refractivity (Wildman–Crippen MR) is 84.0 cm³/mol. The second-order valence-corrected chi connectivity index (χ2v) is 7.03. The Balaban J connectivity index is 1.80. The molecule has 3 nitrogen and oxygen atoms in total. The summed E-state index contributed by atoms with van der Waals surface area (Å²) >= 11 is 3.65. The summed E-state index contributed by atoms with van der Waals surface area (Å²) in [6.07, 6.45) is 12.5. The van der Waals surface area contributed by atoms with Gasteiger partial charge in [0, 0.05) is 23.0 Å². The van der Waals surface area contributed by atoms with Crippen LogP contribution < -0.4 is 0 Å². The number of fused-ring (bicyclic) bond motifs is 3. The molecular formula is C16H18BrN3. The maximum atomic E-state index is 4.84. The topological polar surface area (TPSA) is 30.2 Å². The molecule has 2 aliphatic rings. The first-order valence-corrected chi connectivity index (χ1v) is 8.24. The van der Waals surface area contributed by atoms with Crippen molar-refractivity contribution in [3.8, 4) is 0 Å². The fourth-order valence-corrected chi connectivity index (χ4v) is 4.19. The zero-order chi connectivity index (χ0) is 13.7. The van der Waals surface area contributed by atoms with Gasteiger partial charge in [-0.3, -0.25) is 9.38 Å². The fraction of sp³-hybridized carbons (Fsp3) is 0.500. The molecule has 0 amide bonds. The number of halogens is 1. The zero-order valence-electron chi connectivity index (χ0n) is 11.6. The average Bonchev–Trinajstić information content (AvgIpc) is 3.02. The SMILES string of the molecule is CC1CCCC(c2cn3c4c(ncc3n2)CC=C4Br)C1. The number of allylic oxidation sites excluding steroid dienone is 1. The van der Waals surface area contributed by atoms with Crippen LogP contribution in [0.2, 0.25) is 0 Å². The van der Waals surface area contributed by atoms with Gasteiger partial charge in [-0.2, -0.15) is 0 Å². The van der Waals surface area contributed by atoms with E-state index in [9.17, 15) is 0 Å². The van der Waals surface area contributed by atoms with Gasteiger partial charge in [-0.1, -0.05) is 25.8 Å². The van der Waals surface area contributed by atoms with E-state index >= 15 is 0 Å². The van der Waals surface area contributed by atoms with Crippen LogP contribution in [0.4, 0.5) is 0 Å². The molecule has 0 N–H and O–H groups in total. The summed E-state index contributed by atoms with van der Waals surface area (Å²) in [5, 5.41) is 0. The van der Waals surface area contributed by atoms with Crippen LogP contribution in [0, 0.1) is 5.92 Å². The molecule has 2 aliphatic carbocycles. The van der Waals surface area contributed by atoms with Gasteiger partial charge in [0.2, 0.25) is 0 Å². The Morgan fingerprint density at radius 2 is 2.25 bits per heavy atom. The van der Waals surface area contributed by atoms with E-state index in [1.165, 1.54) is 37.1 Å². The average molecular weight is 332 g/mol. The molecular weight excluding hydrogens is 314 g/mol. The number of hydrogen-bond acceptors (Lipinski definition) is 2. The molecule has 0 aliphatic heterocycles. The molecule has 1 fully saturated rings. The monoisotopic (exact) mass is 331 g/mol. The Bertz CT molecular complexity index is 701. The van der Waals surface area contributed by atoms with Gasteiger partial charge in [0.25, 0.3) is 0 Å². The molecule has 4 heteroatoms. The molecule has 1 saturated carbocycles. The predicted octanol–water partition coefficient (Wildman–Crippen LogP) is 4.31. The van der Waals surface area contributed by atoms with E-state index in [4.69, 9.17) is 4.98 Å². The van der Waals surface area contributed by atoms with Crippen LogP contribution in [0.15, 0.2) is 18.5 Å². The van der Waals surface area contributed by atoms with Gasteiger partial charge in [-0.25, -0.2) is 4.98 Å². The molecule has 2 unspecified atom stereocenters. The van der Waals surface area contributed by atoms with Crippen LogP contribution in [0.1, 0.15) is 55.6 Å². The smallest absolute Gasteiger partial charge is 0.156 e. The van der Waals surface area contributed by atoms with E-state index in [2.05, 4.69) is 44.5 Å². The molecule has 2 heterocycles. The van der Waals surface area contributed by atoms with Gasteiger partial charge in [0.05, 0.1) is 23.3 Å². The van der Waals surface area contributed by atoms with Crippen molar-refractivity contribution in [2.24, 2.45) is 5.92 Å². The lowest BCUT2D eigenvalue weighted by atomic mass is 9.81. The van der Waals surface area contributed by atoms with Crippen molar-refractivity contribution in [1.29, 1.82) is 0 Å². The largest absolute Gasteiger partial charge is 0.296 e. The minimum absolute atomic E-state index is 0.624. The van der Waals surface area contributed by atoms with Crippen molar-refractivity contribution in [2.45, 2.75) is 44.9 Å². The minimum Gasteiger partial charge on any atom is -0.296 e. The van der Waals surface area contributed by atoms with Gasteiger partial charge in [0.15, 0.2) is 5.65 Å². The van der Waals surface area contributed by atoms with Crippen LogP contribution >= 0.6 is 15.9 Å². The first-order valence-electron chi connectivity index (χ1n) is 7.45. The van der Waals surface area contributed by atoms with Gasteiger partial charge >= 0.3 is 0 Å². The second kappa shape index (κ2) is 4.69. The summed E-state index contributed by atoms with van der Waals surface area (Å²) in [6, 6.07) is 0. The van der Waals surface area contributed by atoms with Crippen molar-refractivity contribution in [1.82, 2.24) is 14.4 Å². The zero-order valence-corrected chi connectivity index (χ0v) is 13.2. The number of rotatable bonds is 1. The maximum Gasteiger partial charge on any atom is 0.156 e. The number of aromatic nitrogens is 3. The third-order valence-corrected chi connectivity index (χ3v) is 5.36. The van der Waals surface area contributed by atoms with Gasteiger partial charge in [-0.15, -0.1) is 0 Å². The van der Waals surface area contributed by atoms with Crippen molar-refractivity contribution in [2.75, 3.05) is 0 Å². The summed E-state index contributed by atoms with van der Waals surface area (Å²) in [5.41, 5.74) is 4.55. The molecule has 0 spiro atoms. The molecule has 20 heavy (non-hydrogen) atoms. The van der Waals surface area contributed by atoms with Crippen molar-refractivity contribution >= 4 is 26.1 Å². The van der Waals surface area contributed by atoms with Crippen molar-refractivity contribution in [3.05, 3.63) is 35.6 Å². The Hall–Kier alpha value is -1.16. The lowest BCUT2D eigenvalue weighted by molar-refractivity contribution is 0.340. The molecule has 2 aromatic heterocycles.